The van der Waals surface area contributed by atoms with Crippen LogP contribution in [0.2, 0.25) is 5.02 Å². The highest BCUT2D eigenvalue weighted by Crippen LogP contribution is 2.28. The number of halogens is 1. The van der Waals surface area contributed by atoms with Gasteiger partial charge < -0.3 is 9.47 Å². The van der Waals surface area contributed by atoms with Crippen LogP contribution >= 0.6 is 11.6 Å². The Kier molecular flexibility index (Phi) is 6.85. The summed E-state index contributed by atoms with van der Waals surface area (Å²) in [5.74, 6) is 0.395. The first kappa shape index (κ1) is 18.7. The van der Waals surface area contributed by atoms with Gasteiger partial charge in [-0.2, -0.15) is 4.31 Å². The fourth-order valence-corrected chi connectivity index (χ4v) is 4.55. The lowest BCUT2D eigenvalue weighted by molar-refractivity contribution is -0.108. The lowest BCUT2D eigenvalue weighted by Gasteiger charge is -2.28. The van der Waals surface area contributed by atoms with Crippen molar-refractivity contribution >= 4 is 21.6 Å². The first-order chi connectivity index (χ1) is 11.0. The molecule has 1 aromatic carbocycles. The molecule has 0 unspecified atom stereocenters. The third-order valence-electron chi connectivity index (χ3n) is 4.27. The Morgan fingerprint density at radius 1 is 1.17 bits per heavy atom. The summed E-state index contributed by atoms with van der Waals surface area (Å²) in [5, 5.41) is 0.512. The second kappa shape index (κ2) is 8.44. The van der Waals surface area contributed by atoms with E-state index in [2.05, 4.69) is 0 Å². The van der Waals surface area contributed by atoms with Crippen LogP contribution in [0, 0.1) is 5.92 Å². The molecule has 0 atom stereocenters. The highest BCUT2D eigenvalue weighted by molar-refractivity contribution is 7.89. The zero-order valence-electron chi connectivity index (χ0n) is 13.6. The number of benzene rings is 1. The summed E-state index contributed by atoms with van der Waals surface area (Å²) in [6.07, 6.45) is 3.88. The van der Waals surface area contributed by atoms with Crippen LogP contribution in [0.4, 0.5) is 0 Å². The van der Waals surface area contributed by atoms with Gasteiger partial charge in [0.1, 0.15) is 0 Å². The van der Waals surface area contributed by atoms with Gasteiger partial charge in [0, 0.05) is 25.8 Å². The van der Waals surface area contributed by atoms with Gasteiger partial charge in [-0.1, -0.05) is 24.4 Å². The van der Waals surface area contributed by atoms with Gasteiger partial charge in [-0.15, -0.1) is 0 Å². The van der Waals surface area contributed by atoms with Crippen LogP contribution in [0.5, 0.6) is 0 Å². The Labute approximate surface area is 143 Å². The molecule has 0 aliphatic heterocycles. The van der Waals surface area contributed by atoms with Gasteiger partial charge in [0.05, 0.1) is 11.4 Å². The molecule has 0 amide bonds. The van der Waals surface area contributed by atoms with Crippen molar-refractivity contribution in [2.24, 2.45) is 5.92 Å². The number of sulfonamides is 1. The lowest BCUT2D eigenvalue weighted by atomic mass is 10.1. The van der Waals surface area contributed by atoms with Crippen molar-refractivity contribution < 1.29 is 17.9 Å². The van der Waals surface area contributed by atoms with Crippen molar-refractivity contribution in [1.82, 2.24) is 4.31 Å². The topological polar surface area (TPSA) is 55.8 Å². The number of hydrogen-bond donors (Lipinski definition) is 0. The fourth-order valence-electron chi connectivity index (χ4n) is 2.92. The molecule has 1 aromatic rings. The van der Waals surface area contributed by atoms with Gasteiger partial charge >= 0.3 is 0 Å². The molecule has 2 rings (SSSR count). The van der Waals surface area contributed by atoms with Crippen molar-refractivity contribution in [3.8, 4) is 0 Å². The van der Waals surface area contributed by atoms with Crippen LogP contribution in [0.15, 0.2) is 29.2 Å². The number of ether oxygens (including phenoxy) is 2. The van der Waals surface area contributed by atoms with Crippen LogP contribution in [-0.4, -0.2) is 46.3 Å². The van der Waals surface area contributed by atoms with E-state index in [1.54, 1.807) is 12.1 Å². The highest BCUT2D eigenvalue weighted by atomic mass is 35.5. The van der Waals surface area contributed by atoms with Crippen molar-refractivity contribution in [3.05, 3.63) is 29.3 Å². The SMILES string of the molecule is COC(CN(CC1CCCC1)S(=O)(=O)c1ccc(Cl)cc1)OC. The van der Waals surface area contributed by atoms with E-state index in [-0.39, 0.29) is 11.4 Å². The standard InChI is InChI=1S/C16H24ClNO4S/c1-21-16(22-2)12-18(11-13-5-3-4-6-13)23(19,20)15-9-7-14(17)8-10-15/h7-10,13,16H,3-6,11-12H2,1-2H3. The maximum absolute atomic E-state index is 13.0. The smallest absolute Gasteiger partial charge is 0.243 e. The molecule has 0 bridgehead atoms. The Hall–Kier alpha value is -0.660. The lowest BCUT2D eigenvalue weighted by Crippen LogP contribution is -2.41. The molecule has 0 saturated heterocycles. The second-order valence-corrected chi connectivity index (χ2v) is 8.20. The molecular formula is C16H24ClNO4S. The van der Waals surface area contributed by atoms with Crippen molar-refractivity contribution in [2.75, 3.05) is 27.3 Å². The van der Waals surface area contributed by atoms with Gasteiger partial charge in [0.2, 0.25) is 10.0 Å². The minimum absolute atomic E-state index is 0.175. The number of hydrogen-bond acceptors (Lipinski definition) is 4. The van der Waals surface area contributed by atoms with Crippen LogP contribution in [0.1, 0.15) is 25.7 Å². The molecule has 0 heterocycles. The number of nitrogens with zero attached hydrogens (tertiary/aromatic N) is 1. The van der Waals surface area contributed by atoms with E-state index < -0.39 is 16.3 Å². The van der Waals surface area contributed by atoms with Gasteiger partial charge in [-0.05, 0) is 43.0 Å². The molecule has 1 fully saturated rings. The molecule has 1 aliphatic carbocycles. The second-order valence-electron chi connectivity index (χ2n) is 5.83. The van der Waals surface area contributed by atoms with Gasteiger partial charge in [-0.25, -0.2) is 8.42 Å². The van der Waals surface area contributed by atoms with E-state index in [0.717, 1.165) is 25.7 Å². The molecule has 0 radical (unpaired) electrons. The molecule has 0 aromatic heterocycles. The summed E-state index contributed by atoms with van der Waals surface area (Å²) in [7, 11) is -0.584. The van der Waals surface area contributed by atoms with Gasteiger partial charge in [-0.3, -0.25) is 0 Å². The average molecular weight is 362 g/mol. The summed E-state index contributed by atoms with van der Waals surface area (Å²) in [5.41, 5.74) is 0. The Morgan fingerprint density at radius 3 is 2.26 bits per heavy atom. The average Bonchev–Trinajstić information content (AvgIpc) is 3.04. The quantitative estimate of drug-likeness (QED) is 0.667. The van der Waals surface area contributed by atoms with Crippen molar-refractivity contribution in [3.63, 3.8) is 0 Å². The Bertz CT molecular complexity index is 577. The first-order valence-electron chi connectivity index (χ1n) is 7.78. The summed E-state index contributed by atoms with van der Waals surface area (Å²) >= 11 is 5.86. The maximum atomic E-state index is 13.0. The Morgan fingerprint density at radius 2 is 1.74 bits per heavy atom. The zero-order valence-corrected chi connectivity index (χ0v) is 15.1. The summed E-state index contributed by atoms with van der Waals surface area (Å²) in [6, 6.07) is 6.25. The van der Waals surface area contributed by atoms with E-state index in [9.17, 15) is 8.42 Å². The largest absolute Gasteiger partial charge is 0.354 e. The van der Waals surface area contributed by atoms with E-state index in [4.69, 9.17) is 21.1 Å². The molecule has 1 aliphatic rings. The normalized spacial score (nSPS) is 16.6. The third kappa shape index (κ3) is 4.90. The molecule has 7 heteroatoms. The number of rotatable bonds is 8. The summed E-state index contributed by atoms with van der Waals surface area (Å²) < 4.78 is 37.8. The van der Waals surface area contributed by atoms with Crippen LogP contribution in [0.25, 0.3) is 0 Å². The van der Waals surface area contributed by atoms with Crippen LogP contribution in [0.3, 0.4) is 0 Å². The minimum Gasteiger partial charge on any atom is -0.354 e. The summed E-state index contributed by atoms with van der Waals surface area (Å²) in [4.78, 5) is 0.242. The van der Waals surface area contributed by atoms with Crippen LogP contribution in [-0.2, 0) is 19.5 Å². The molecule has 23 heavy (non-hydrogen) atoms. The fraction of sp³-hybridized carbons (Fsp3) is 0.625. The predicted octanol–water partition coefficient (Wildman–Crippen LogP) is 3.14. The molecular weight excluding hydrogens is 338 g/mol. The molecule has 0 N–H and O–H groups in total. The van der Waals surface area contributed by atoms with Crippen molar-refractivity contribution in [1.29, 1.82) is 0 Å². The van der Waals surface area contributed by atoms with E-state index >= 15 is 0 Å². The molecule has 130 valence electrons. The molecule has 0 spiro atoms. The van der Waals surface area contributed by atoms with Crippen molar-refractivity contribution in [2.45, 2.75) is 36.9 Å². The van der Waals surface area contributed by atoms with Crippen LogP contribution < -0.4 is 0 Å². The Balaban J connectivity index is 2.24. The van der Waals surface area contributed by atoms with E-state index in [0.29, 0.717) is 17.5 Å². The van der Waals surface area contributed by atoms with Gasteiger partial charge in [0.25, 0.3) is 0 Å². The van der Waals surface area contributed by atoms with E-state index in [1.807, 2.05) is 0 Å². The highest BCUT2D eigenvalue weighted by Gasteiger charge is 2.30. The zero-order chi connectivity index (χ0) is 16.9. The molecule has 1 saturated carbocycles. The monoisotopic (exact) mass is 361 g/mol. The first-order valence-corrected chi connectivity index (χ1v) is 9.60. The molecule has 5 nitrogen and oxygen atoms in total. The minimum atomic E-state index is -3.61. The maximum Gasteiger partial charge on any atom is 0.243 e. The predicted molar refractivity (Wildman–Crippen MR) is 90.0 cm³/mol. The third-order valence-corrected chi connectivity index (χ3v) is 6.36. The van der Waals surface area contributed by atoms with E-state index in [1.165, 1.54) is 30.7 Å². The van der Waals surface area contributed by atoms with Gasteiger partial charge in [0.15, 0.2) is 6.29 Å². The summed E-state index contributed by atoms with van der Waals surface area (Å²) in [6.45, 7) is 0.669. The number of methoxy groups -OCH3 is 2.